The van der Waals surface area contributed by atoms with E-state index in [1.54, 1.807) is 47.4 Å². The van der Waals surface area contributed by atoms with E-state index in [0.717, 1.165) is 29.9 Å². The zero-order chi connectivity index (χ0) is 32.0. The molecular formula is C34H33F2N5O4S. The predicted molar refractivity (Wildman–Crippen MR) is 172 cm³/mol. The van der Waals surface area contributed by atoms with Gasteiger partial charge in [0.15, 0.2) is 0 Å². The third-order valence-corrected chi connectivity index (χ3v) is 10.6. The van der Waals surface area contributed by atoms with Crippen molar-refractivity contribution >= 4 is 33.0 Å². The number of aromatic nitrogens is 1. The zero-order valence-electron chi connectivity index (χ0n) is 25.0. The van der Waals surface area contributed by atoms with E-state index in [1.165, 1.54) is 24.3 Å². The maximum Gasteiger partial charge on any atom is 0.261 e. The number of halogens is 2. The highest BCUT2D eigenvalue weighted by atomic mass is 32.2. The summed E-state index contributed by atoms with van der Waals surface area (Å²) >= 11 is 0. The average Bonchev–Trinajstić information content (AvgIpc) is 3.05. The number of carbonyl (C=O) groups excluding carboxylic acids is 1. The van der Waals surface area contributed by atoms with E-state index >= 15 is 0 Å². The van der Waals surface area contributed by atoms with Gasteiger partial charge >= 0.3 is 0 Å². The van der Waals surface area contributed by atoms with Crippen LogP contribution in [0.4, 0.5) is 25.8 Å². The Balaban J connectivity index is 1.17. The van der Waals surface area contributed by atoms with Crippen LogP contribution in [0.3, 0.4) is 0 Å². The second-order valence-electron chi connectivity index (χ2n) is 12.2. The van der Waals surface area contributed by atoms with E-state index in [4.69, 9.17) is 0 Å². The van der Waals surface area contributed by atoms with Gasteiger partial charge in [-0.2, -0.15) is 0 Å². The van der Waals surface area contributed by atoms with Crippen LogP contribution in [0.15, 0.2) is 94.6 Å². The van der Waals surface area contributed by atoms with Gasteiger partial charge in [-0.15, -0.1) is 0 Å². The Kier molecular flexibility index (Phi) is 7.75. The van der Waals surface area contributed by atoms with E-state index in [0.29, 0.717) is 57.1 Å². The molecule has 1 N–H and O–H groups in total. The molecule has 3 aromatic carbocycles. The van der Waals surface area contributed by atoms with Gasteiger partial charge < -0.3 is 19.3 Å². The van der Waals surface area contributed by atoms with Crippen molar-refractivity contribution in [1.29, 1.82) is 0 Å². The first kappa shape index (κ1) is 30.0. The summed E-state index contributed by atoms with van der Waals surface area (Å²) in [5, 5.41) is 0. The third kappa shape index (κ3) is 5.84. The maximum atomic E-state index is 13.7. The molecule has 238 valence electrons. The number of benzene rings is 3. The lowest BCUT2D eigenvalue weighted by atomic mass is 9.83. The minimum Gasteiger partial charge on any atom is -0.369 e. The Hall–Kier alpha value is -4.71. The van der Waals surface area contributed by atoms with E-state index < -0.39 is 15.8 Å². The van der Waals surface area contributed by atoms with Gasteiger partial charge in [0.05, 0.1) is 16.3 Å². The summed E-state index contributed by atoms with van der Waals surface area (Å²) in [5.41, 5.74) is 3.05. The minimum absolute atomic E-state index is 0.0187. The number of hydrogen-bond donors (Lipinski definition) is 1. The standard InChI is InChI=1S/C34H33F2N5O4S/c35-26-5-9-28(10-6-26)38-14-16-39(17-15-38)34(43)24-4-13-32(30(19-24)37-46(44,45)29-11-7-27(36)8-12-29)40-20-23-18-25(22-40)31-2-1-3-33(42)41(31)21-23/h1-13,19,23,25,37H,14-18,20-22H2. The summed E-state index contributed by atoms with van der Waals surface area (Å²) in [6.07, 6.45) is 0.928. The van der Waals surface area contributed by atoms with Crippen LogP contribution in [0.5, 0.6) is 0 Å². The minimum atomic E-state index is -4.12. The number of fused-ring (bicyclic) bond motifs is 4. The number of rotatable bonds is 6. The SMILES string of the molecule is O=C(c1ccc(N2CC3CC(C2)c2cccc(=O)n2C3)c(NS(=O)(=O)c2ccc(F)cc2)c1)N1CCN(c2ccc(F)cc2)CC1. The molecule has 7 rings (SSSR count). The van der Waals surface area contributed by atoms with Gasteiger partial charge in [-0.3, -0.25) is 14.3 Å². The van der Waals surface area contributed by atoms with Crippen molar-refractivity contribution in [2.45, 2.75) is 23.8 Å². The summed E-state index contributed by atoms with van der Waals surface area (Å²) in [6.45, 7) is 3.80. The highest BCUT2D eigenvalue weighted by Gasteiger charge is 2.36. The Bertz CT molecular complexity index is 1940. The fourth-order valence-corrected chi connectivity index (χ4v) is 8.00. The van der Waals surface area contributed by atoms with Crippen molar-refractivity contribution in [2.75, 3.05) is 53.8 Å². The molecule has 46 heavy (non-hydrogen) atoms. The molecule has 2 saturated heterocycles. The first-order chi connectivity index (χ1) is 22.1. The molecule has 3 aliphatic rings. The van der Waals surface area contributed by atoms with Gasteiger partial charge in [-0.1, -0.05) is 6.07 Å². The third-order valence-electron chi connectivity index (χ3n) is 9.19. The number of pyridine rings is 1. The fourth-order valence-electron chi connectivity index (χ4n) is 6.94. The lowest BCUT2D eigenvalue weighted by molar-refractivity contribution is 0.0747. The van der Waals surface area contributed by atoms with Crippen molar-refractivity contribution in [3.63, 3.8) is 0 Å². The van der Waals surface area contributed by atoms with Gasteiger partial charge in [0.2, 0.25) is 0 Å². The molecule has 1 aromatic heterocycles. The lowest BCUT2D eigenvalue weighted by Crippen LogP contribution is -2.49. The number of sulfonamides is 1. The second-order valence-corrected chi connectivity index (χ2v) is 13.8. The molecule has 0 spiro atoms. The van der Waals surface area contributed by atoms with Crippen molar-refractivity contribution in [3.05, 3.63) is 118 Å². The first-order valence-corrected chi connectivity index (χ1v) is 16.8. The van der Waals surface area contributed by atoms with Crippen molar-refractivity contribution in [1.82, 2.24) is 9.47 Å². The molecular weight excluding hydrogens is 612 g/mol. The topological polar surface area (TPSA) is 95.0 Å². The maximum absolute atomic E-state index is 13.7. The zero-order valence-corrected chi connectivity index (χ0v) is 25.8. The number of nitrogens with one attached hydrogen (secondary N) is 1. The molecule has 4 heterocycles. The normalized spacial score (nSPS) is 19.5. The summed E-state index contributed by atoms with van der Waals surface area (Å²) in [5.74, 6) is -0.810. The Morgan fingerprint density at radius 3 is 2.20 bits per heavy atom. The molecule has 2 fully saturated rings. The van der Waals surface area contributed by atoms with Gasteiger partial charge in [0.25, 0.3) is 21.5 Å². The van der Waals surface area contributed by atoms with Crippen molar-refractivity contribution in [2.24, 2.45) is 5.92 Å². The van der Waals surface area contributed by atoms with Crippen LogP contribution in [0, 0.1) is 17.6 Å². The average molecular weight is 646 g/mol. The molecule has 2 bridgehead atoms. The lowest BCUT2D eigenvalue weighted by Gasteiger charge is -2.44. The summed E-state index contributed by atoms with van der Waals surface area (Å²) in [6, 6.07) is 21.3. The summed E-state index contributed by atoms with van der Waals surface area (Å²) in [7, 11) is -4.12. The number of nitrogens with zero attached hydrogens (tertiary/aromatic N) is 4. The quantitative estimate of drug-likeness (QED) is 0.332. The van der Waals surface area contributed by atoms with Crippen LogP contribution in [-0.2, 0) is 16.6 Å². The second kappa shape index (κ2) is 11.9. The van der Waals surface area contributed by atoms with Crippen LogP contribution in [0.1, 0.15) is 28.4 Å². The molecule has 12 heteroatoms. The van der Waals surface area contributed by atoms with Crippen LogP contribution in [-0.4, -0.2) is 63.1 Å². The largest absolute Gasteiger partial charge is 0.369 e. The molecule has 0 saturated carbocycles. The van der Waals surface area contributed by atoms with Gasteiger partial charge in [-0.25, -0.2) is 17.2 Å². The number of anilines is 3. The molecule has 0 aliphatic carbocycles. The van der Waals surface area contributed by atoms with E-state index in [1.807, 2.05) is 10.6 Å². The molecule has 2 unspecified atom stereocenters. The van der Waals surface area contributed by atoms with E-state index in [9.17, 15) is 26.8 Å². The number of piperidine rings is 1. The Morgan fingerprint density at radius 1 is 0.783 bits per heavy atom. The van der Waals surface area contributed by atoms with Crippen molar-refractivity contribution in [3.8, 4) is 0 Å². The van der Waals surface area contributed by atoms with Gasteiger partial charge in [0, 0.05) is 74.7 Å². The smallest absolute Gasteiger partial charge is 0.261 e. The number of piperazine rings is 1. The monoisotopic (exact) mass is 645 g/mol. The van der Waals surface area contributed by atoms with E-state index in [-0.39, 0.29) is 39.7 Å². The van der Waals surface area contributed by atoms with E-state index in [2.05, 4.69) is 14.5 Å². The van der Waals surface area contributed by atoms with Crippen LogP contribution in [0.25, 0.3) is 0 Å². The highest BCUT2D eigenvalue weighted by molar-refractivity contribution is 7.92. The van der Waals surface area contributed by atoms with Crippen LogP contribution >= 0.6 is 0 Å². The number of carbonyl (C=O) groups is 1. The Labute approximate surface area is 265 Å². The predicted octanol–water partition coefficient (Wildman–Crippen LogP) is 4.51. The molecule has 1 amide bonds. The summed E-state index contributed by atoms with van der Waals surface area (Å²) < 4.78 is 58.5. The highest BCUT2D eigenvalue weighted by Crippen LogP contribution is 2.40. The first-order valence-electron chi connectivity index (χ1n) is 15.3. The number of amides is 1. The van der Waals surface area contributed by atoms with Crippen LogP contribution < -0.4 is 20.1 Å². The Morgan fingerprint density at radius 2 is 1.48 bits per heavy atom. The molecule has 4 aromatic rings. The fraction of sp³-hybridized carbons (Fsp3) is 0.294. The summed E-state index contributed by atoms with van der Waals surface area (Å²) in [4.78, 5) is 32.1. The molecule has 2 atom stereocenters. The van der Waals surface area contributed by atoms with Gasteiger partial charge in [-0.05, 0) is 85.1 Å². The van der Waals surface area contributed by atoms with Crippen LogP contribution in [0.2, 0.25) is 0 Å². The van der Waals surface area contributed by atoms with Gasteiger partial charge in [0.1, 0.15) is 11.6 Å². The van der Waals surface area contributed by atoms with Crippen molar-refractivity contribution < 1.29 is 22.0 Å². The number of hydrogen-bond acceptors (Lipinski definition) is 6. The molecule has 9 nitrogen and oxygen atoms in total. The molecule has 3 aliphatic heterocycles. The molecule has 0 radical (unpaired) electrons.